The molecular formula is C13H11F6NO4S. The number of rotatable bonds is 3. The smallest absolute Gasteiger partial charge is 0.376 e. The average molecular weight is 391 g/mol. The van der Waals surface area contributed by atoms with Gasteiger partial charge in [0.15, 0.2) is 0 Å². The highest BCUT2D eigenvalue weighted by Crippen LogP contribution is 2.30. The van der Waals surface area contributed by atoms with Gasteiger partial charge in [-0.25, -0.2) is 0 Å². The monoisotopic (exact) mass is 391 g/mol. The molecule has 1 atom stereocenters. The second-order valence-corrected chi connectivity index (χ2v) is 6.86. The van der Waals surface area contributed by atoms with Gasteiger partial charge in [-0.2, -0.15) is 34.8 Å². The van der Waals surface area contributed by atoms with Gasteiger partial charge >= 0.3 is 27.7 Å². The van der Waals surface area contributed by atoms with E-state index in [1.54, 1.807) is 5.32 Å². The number of halogens is 6. The van der Waals surface area contributed by atoms with Crippen LogP contribution in [0.5, 0.6) is 5.75 Å². The van der Waals surface area contributed by atoms with Crippen molar-refractivity contribution in [2.75, 3.05) is 0 Å². The third-order valence-corrected chi connectivity index (χ3v) is 4.47. The van der Waals surface area contributed by atoms with Crippen LogP contribution in [-0.2, 0) is 27.8 Å². The van der Waals surface area contributed by atoms with E-state index >= 15 is 0 Å². The molecule has 0 aliphatic heterocycles. The zero-order valence-corrected chi connectivity index (χ0v) is 13.1. The maximum atomic E-state index is 12.3. The molecule has 12 heteroatoms. The largest absolute Gasteiger partial charge is 0.534 e. The van der Waals surface area contributed by atoms with Crippen molar-refractivity contribution in [3.05, 3.63) is 29.3 Å². The summed E-state index contributed by atoms with van der Waals surface area (Å²) in [6.07, 6.45) is -4.67. The van der Waals surface area contributed by atoms with Gasteiger partial charge in [0.05, 0.1) is 0 Å². The standard InChI is InChI=1S/C13H11F6NO4S/c14-12(15,16)11(21)20-9-3-1-7-2-4-10(6-8(7)5-9)24-25(22,23)13(17,18)19/h2,4,6,9H,1,3,5H2,(H,20,21)/t9-/m0/s1. The van der Waals surface area contributed by atoms with Crippen molar-refractivity contribution < 1.29 is 43.7 Å². The Hall–Kier alpha value is -1.98. The molecule has 5 nitrogen and oxygen atoms in total. The third kappa shape index (κ3) is 4.55. The lowest BCUT2D eigenvalue weighted by Gasteiger charge is -2.26. The lowest BCUT2D eigenvalue weighted by molar-refractivity contribution is -0.174. The Balaban J connectivity index is 2.15. The first kappa shape index (κ1) is 19.3. The fraction of sp³-hybridized carbons (Fsp3) is 0.462. The van der Waals surface area contributed by atoms with Crippen molar-refractivity contribution in [3.63, 3.8) is 0 Å². The summed E-state index contributed by atoms with van der Waals surface area (Å²) in [5, 5.41) is 1.79. The van der Waals surface area contributed by atoms with Gasteiger partial charge in [-0.05, 0) is 42.5 Å². The number of benzene rings is 1. The SMILES string of the molecule is O=C(N[C@H]1CCc2ccc(OS(=O)(=O)C(F)(F)F)cc2C1)C(F)(F)F. The van der Waals surface area contributed by atoms with E-state index in [0.29, 0.717) is 11.1 Å². The van der Waals surface area contributed by atoms with Gasteiger partial charge < -0.3 is 9.50 Å². The van der Waals surface area contributed by atoms with Crippen LogP contribution in [0.2, 0.25) is 0 Å². The molecule has 1 aliphatic carbocycles. The third-order valence-electron chi connectivity index (χ3n) is 3.49. The molecule has 1 N–H and O–H groups in total. The number of carbonyl (C=O) groups is 1. The molecule has 0 aromatic heterocycles. The quantitative estimate of drug-likeness (QED) is 0.488. The van der Waals surface area contributed by atoms with Crippen LogP contribution in [0.1, 0.15) is 17.5 Å². The van der Waals surface area contributed by atoms with Crippen LogP contribution in [-0.4, -0.2) is 32.1 Å². The average Bonchev–Trinajstić information content (AvgIpc) is 2.44. The predicted molar refractivity (Wildman–Crippen MR) is 72.1 cm³/mol. The predicted octanol–water partition coefficient (Wildman–Crippen LogP) is 2.45. The normalized spacial score (nSPS) is 18.4. The van der Waals surface area contributed by atoms with E-state index in [9.17, 15) is 39.6 Å². The van der Waals surface area contributed by atoms with Crippen LogP contribution in [0.3, 0.4) is 0 Å². The van der Waals surface area contributed by atoms with Gasteiger partial charge in [-0.1, -0.05) is 6.07 Å². The molecule has 25 heavy (non-hydrogen) atoms. The Bertz CT molecular complexity index is 772. The van der Waals surface area contributed by atoms with Crippen molar-refractivity contribution in [2.24, 2.45) is 0 Å². The van der Waals surface area contributed by atoms with Gasteiger partial charge in [0.2, 0.25) is 0 Å². The molecule has 2 rings (SSSR count). The molecule has 0 spiro atoms. The molecule has 1 amide bonds. The molecule has 0 radical (unpaired) electrons. The van der Waals surface area contributed by atoms with E-state index < -0.39 is 39.5 Å². The zero-order chi connectivity index (χ0) is 19.0. The number of fused-ring (bicyclic) bond motifs is 1. The highest BCUT2D eigenvalue weighted by Gasteiger charge is 2.48. The molecular weight excluding hydrogens is 380 g/mol. The van der Waals surface area contributed by atoms with Crippen molar-refractivity contribution >= 4 is 16.0 Å². The molecule has 1 aromatic carbocycles. The molecule has 0 saturated heterocycles. The molecule has 140 valence electrons. The van der Waals surface area contributed by atoms with Gasteiger partial charge in [-0.3, -0.25) is 4.79 Å². The van der Waals surface area contributed by atoms with E-state index in [2.05, 4.69) is 4.18 Å². The van der Waals surface area contributed by atoms with Crippen LogP contribution in [0.25, 0.3) is 0 Å². The Morgan fingerprint density at radius 2 is 1.76 bits per heavy atom. The number of carbonyl (C=O) groups excluding carboxylic acids is 1. The van der Waals surface area contributed by atoms with Gasteiger partial charge in [0.1, 0.15) is 5.75 Å². The lowest BCUT2D eigenvalue weighted by atomic mass is 9.88. The summed E-state index contributed by atoms with van der Waals surface area (Å²) in [6.45, 7) is 0. The van der Waals surface area contributed by atoms with Gasteiger partial charge in [0.25, 0.3) is 0 Å². The van der Waals surface area contributed by atoms with E-state index in [0.717, 1.165) is 12.1 Å². The minimum atomic E-state index is -5.85. The molecule has 1 aliphatic rings. The fourth-order valence-electron chi connectivity index (χ4n) is 2.35. The summed E-state index contributed by atoms with van der Waals surface area (Å²) in [5.41, 5.74) is -4.69. The van der Waals surface area contributed by atoms with E-state index in [-0.39, 0.29) is 19.3 Å². The van der Waals surface area contributed by atoms with Crippen molar-refractivity contribution in [1.82, 2.24) is 5.32 Å². The highest BCUT2D eigenvalue weighted by molar-refractivity contribution is 7.88. The molecule has 0 bridgehead atoms. The topological polar surface area (TPSA) is 72.5 Å². The van der Waals surface area contributed by atoms with Gasteiger partial charge in [-0.15, -0.1) is 0 Å². The summed E-state index contributed by atoms with van der Waals surface area (Å²) >= 11 is 0. The first-order chi connectivity index (χ1) is 11.3. The van der Waals surface area contributed by atoms with Crippen LogP contribution >= 0.6 is 0 Å². The minimum Gasteiger partial charge on any atom is -0.376 e. The first-order valence-corrected chi connectivity index (χ1v) is 8.20. The summed E-state index contributed by atoms with van der Waals surface area (Å²) < 4.78 is 99.6. The number of amides is 1. The zero-order valence-electron chi connectivity index (χ0n) is 12.2. The van der Waals surface area contributed by atoms with E-state index in [1.165, 1.54) is 6.07 Å². The molecule has 0 heterocycles. The number of nitrogens with one attached hydrogen (secondary N) is 1. The summed E-state index contributed by atoms with van der Waals surface area (Å²) in [6, 6.07) is 2.48. The minimum absolute atomic E-state index is 0.0968. The number of alkyl halides is 6. The maximum absolute atomic E-state index is 12.3. The number of hydrogen-bond acceptors (Lipinski definition) is 4. The molecule has 1 aromatic rings. The van der Waals surface area contributed by atoms with E-state index in [1.807, 2.05) is 0 Å². The Morgan fingerprint density at radius 3 is 2.32 bits per heavy atom. The lowest BCUT2D eigenvalue weighted by Crippen LogP contribution is -2.45. The molecule has 0 saturated carbocycles. The Kier molecular flexibility index (Phi) is 4.94. The second-order valence-electron chi connectivity index (χ2n) is 5.32. The molecule has 0 unspecified atom stereocenters. The van der Waals surface area contributed by atoms with E-state index in [4.69, 9.17) is 0 Å². The van der Waals surface area contributed by atoms with Crippen LogP contribution < -0.4 is 9.50 Å². The molecule has 0 fully saturated rings. The van der Waals surface area contributed by atoms with Crippen molar-refractivity contribution in [3.8, 4) is 5.75 Å². The highest BCUT2D eigenvalue weighted by atomic mass is 32.2. The van der Waals surface area contributed by atoms with Crippen LogP contribution in [0, 0.1) is 0 Å². The summed E-state index contributed by atoms with van der Waals surface area (Å²) in [7, 11) is -5.85. The summed E-state index contributed by atoms with van der Waals surface area (Å²) in [5.74, 6) is -2.73. The number of hydrogen-bond donors (Lipinski definition) is 1. The van der Waals surface area contributed by atoms with Crippen molar-refractivity contribution in [1.29, 1.82) is 0 Å². The van der Waals surface area contributed by atoms with Crippen LogP contribution in [0.15, 0.2) is 18.2 Å². The fourth-order valence-corrected chi connectivity index (χ4v) is 2.80. The van der Waals surface area contributed by atoms with Crippen LogP contribution in [0.4, 0.5) is 26.3 Å². The summed E-state index contributed by atoms with van der Waals surface area (Å²) in [4.78, 5) is 10.9. The second kappa shape index (κ2) is 6.39. The first-order valence-electron chi connectivity index (χ1n) is 6.80. The van der Waals surface area contributed by atoms with Gasteiger partial charge in [0, 0.05) is 6.04 Å². The Labute approximate surface area is 138 Å². The maximum Gasteiger partial charge on any atom is 0.534 e. The Morgan fingerprint density at radius 1 is 1.12 bits per heavy atom. The van der Waals surface area contributed by atoms with Crippen molar-refractivity contribution in [2.45, 2.75) is 37.0 Å². The number of aryl methyl sites for hydroxylation is 1.